The average molecular weight is 478 g/mol. The van der Waals surface area contributed by atoms with Gasteiger partial charge in [-0.05, 0) is 38.5 Å². The van der Waals surface area contributed by atoms with Crippen LogP contribution in [0.3, 0.4) is 0 Å². The van der Waals surface area contributed by atoms with E-state index in [1.807, 2.05) is 0 Å². The SMILES string of the molecule is CCNC(=NCC(O)C1CCCCC1)N1CCCC2(CNC(=O)C2)C1.I. The van der Waals surface area contributed by atoms with Gasteiger partial charge in [0.15, 0.2) is 5.96 Å². The number of hydrogen-bond donors (Lipinski definition) is 3. The lowest BCUT2D eigenvalue weighted by molar-refractivity contribution is -0.119. The van der Waals surface area contributed by atoms with Crippen LogP contribution in [0.4, 0.5) is 0 Å². The number of guanidine groups is 1. The van der Waals surface area contributed by atoms with Crippen LogP contribution in [0.15, 0.2) is 4.99 Å². The van der Waals surface area contributed by atoms with Gasteiger partial charge in [-0.3, -0.25) is 9.79 Å². The Morgan fingerprint density at radius 2 is 2.15 bits per heavy atom. The third-order valence-corrected chi connectivity index (χ3v) is 6.11. The molecule has 2 aliphatic heterocycles. The van der Waals surface area contributed by atoms with Gasteiger partial charge in [-0.15, -0.1) is 24.0 Å². The predicted molar refractivity (Wildman–Crippen MR) is 115 cm³/mol. The van der Waals surface area contributed by atoms with Gasteiger partial charge in [-0.2, -0.15) is 0 Å². The number of nitrogens with one attached hydrogen (secondary N) is 2. The highest BCUT2D eigenvalue weighted by atomic mass is 127. The number of carbonyl (C=O) groups excluding carboxylic acids is 1. The van der Waals surface area contributed by atoms with Crippen molar-refractivity contribution in [2.24, 2.45) is 16.3 Å². The minimum Gasteiger partial charge on any atom is -0.391 e. The third kappa shape index (κ3) is 5.47. The highest BCUT2D eigenvalue weighted by Crippen LogP contribution is 2.36. The second kappa shape index (κ2) is 10.1. The Morgan fingerprint density at radius 1 is 1.38 bits per heavy atom. The van der Waals surface area contributed by atoms with Crippen molar-refractivity contribution < 1.29 is 9.90 Å². The van der Waals surface area contributed by atoms with Gasteiger partial charge in [-0.25, -0.2) is 0 Å². The molecule has 2 saturated heterocycles. The van der Waals surface area contributed by atoms with E-state index in [0.29, 0.717) is 18.9 Å². The first-order valence-corrected chi connectivity index (χ1v) is 10.1. The molecule has 1 aliphatic carbocycles. The fourth-order valence-corrected chi connectivity index (χ4v) is 4.70. The summed E-state index contributed by atoms with van der Waals surface area (Å²) in [5.41, 5.74) is 0.0630. The number of piperidine rings is 1. The molecule has 1 saturated carbocycles. The topological polar surface area (TPSA) is 77.0 Å². The minimum atomic E-state index is -0.331. The smallest absolute Gasteiger partial charge is 0.220 e. The Bertz CT molecular complexity index is 496. The zero-order chi connectivity index (χ0) is 17.7. The molecule has 150 valence electrons. The summed E-state index contributed by atoms with van der Waals surface area (Å²) in [4.78, 5) is 18.8. The van der Waals surface area contributed by atoms with Crippen LogP contribution in [0.5, 0.6) is 0 Å². The summed E-state index contributed by atoms with van der Waals surface area (Å²) in [6.07, 6.45) is 8.54. The number of rotatable bonds is 4. The van der Waals surface area contributed by atoms with E-state index in [4.69, 9.17) is 4.99 Å². The molecule has 3 fully saturated rings. The molecule has 2 unspecified atom stereocenters. The first kappa shape index (κ1) is 21.7. The molecule has 2 atom stereocenters. The normalized spacial score (nSPS) is 28.6. The Balaban J connectivity index is 0.00000243. The number of hydrogen-bond acceptors (Lipinski definition) is 3. The molecule has 0 bridgehead atoms. The highest BCUT2D eigenvalue weighted by Gasteiger charge is 2.42. The van der Waals surface area contributed by atoms with Crippen LogP contribution < -0.4 is 10.6 Å². The summed E-state index contributed by atoms with van der Waals surface area (Å²) < 4.78 is 0. The van der Waals surface area contributed by atoms with E-state index in [-0.39, 0.29) is 41.4 Å². The van der Waals surface area contributed by atoms with Crippen molar-refractivity contribution in [3.63, 3.8) is 0 Å². The van der Waals surface area contributed by atoms with Gasteiger partial charge in [0.1, 0.15) is 0 Å². The van der Waals surface area contributed by atoms with Crippen LogP contribution in [-0.4, -0.2) is 60.7 Å². The molecule has 3 rings (SSSR count). The van der Waals surface area contributed by atoms with Crippen molar-refractivity contribution in [2.75, 3.05) is 32.7 Å². The zero-order valence-electron chi connectivity index (χ0n) is 16.0. The van der Waals surface area contributed by atoms with Crippen LogP contribution in [0.2, 0.25) is 0 Å². The zero-order valence-corrected chi connectivity index (χ0v) is 18.3. The van der Waals surface area contributed by atoms with E-state index in [0.717, 1.165) is 57.8 Å². The quantitative estimate of drug-likeness (QED) is 0.329. The summed E-state index contributed by atoms with van der Waals surface area (Å²) in [6, 6.07) is 0. The number of halogens is 1. The number of nitrogens with zero attached hydrogens (tertiary/aromatic N) is 2. The van der Waals surface area contributed by atoms with Crippen molar-refractivity contribution in [1.29, 1.82) is 0 Å². The fraction of sp³-hybridized carbons (Fsp3) is 0.895. The van der Waals surface area contributed by atoms with Gasteiger partial charge >= 0.3 is 0 Å². The van der Waals surface area contributed by atoms with Gasteiger partial charge in [0, 0.05) is 38.0 Å². The lowest BCUT2D eigenvalue weighted by Crippen LogP contribution is -2.51. The molecular weight excluding hydrogens is 443 g/mol. The number of aliphatic imine (C=N–C) groups is 1. The molecule has 2 heterocycles. The number of aliphatic hydroxyl groups excluding tert-OH is 1. The van der Waals surface area contributed by atoms with Gasteiger partial charge in [0.25, 0.3) is 0 Å². The maximum Gasteiger partial charge on any atom is 0.220 e. The number of likely N-dealkylation sites (tertiary alicyclic amines) is 1. The van der Waals surface area contributed by atoms with Crippen LogP contribution >= 0.6 is 24.0 Å². The van der Waals surface area contributed by atoms with Gasteiger partial charge in [0.2, 0.25) is 5.91 Å². The summed E-state index contributed by atoms with van der Waals surface area (Å²) in [5, 5.41) is 16.9. The lowest BCUT2D eigenvalue weighted by atomic mass is 9.79. The van der Waals surface area contributed by atoms with Crippen LogP contribution in [0.25, 0.3) is 0 Å². The predicted octanol–water partition coefficient (Wildman–Crippen LogP) is 2.11. The molecule has 3 aliphatic rings. The van der Waals surface area contributed by atoms with Crippen molar-refractivity contribution in [3.8, 4) is 0 Å². The van der Waals surface area contributed by atoms with E-state index < -0.39 is 0 Å². The van der Waals surface area contributed by atoms with E-state index in [2.05, 4.69) is 22.5 Å². The van der Waals surface area contributed by atoms with Crippen LogP contribution in [0, 0.1) is 11.3 Å². The largest absolute Gasteiger partial charge is 0.391 e. The van der Waals surface area contributed by atoms with E-state index in [1.54, 1.807) is 0 Å². The summed E-state index contributed by atoms with van der Waals surface area (Å²) >= 11 is 0. The summed E-state index contributed by atoms with van der Waals surface area (Å²) in [5.74, 6) is 1.48. The van der Waals surface area contributed by atoms with Gasteiger partial charge < -0.3 is 20.6 Å². The van der Waals surface area contributed by atoms with Crippen molar-refractivity contribution in [1.82, 2.24) is 15.5 Å². The molecule has 1 amide bonds. The Kier molecular flexibility index (Phi) is 8.44. The van der Waals surface area contributed by atoms with E-state index in [1.165, 1.54) is 19.3 Å². The van der Waals surface area contributed by atoms with Crippen molar-refractivity contribution in [3.05, 3.63) is 0 Å². The average Bonchev–Trinajstić information content (AvgIpc) is 2.99. The molecule has 0 aromatic rings. The first-order valence-electron chi connectivity index (χ1n) is 10.1. The standard InChI is InChI=1S/C19H34N4O2.HI/c1-2-20-18(21-12-16(24)15-7-4-3-5-8-15)23-10-6-9-19(14-23)11-17(25)22-13-19;/h15-16,24H,2-14H2,1H3,(H,20,21)(H,22,25);1H. The van der Waals surface area contributed by atoms with Gasteiger partial charge in [-0.1, -0.05) is 19.3 Å². The fourth-order valence-electron chi connectivity index (χ4n) is 4.70. The first-order chi connectivity index (χ1) is 12.1. The van der Waals surface area contributed by atoms with Gasteiger partial charge in [0.05, 0.1) is 12.6 Å². The summed E-state index contributed by atoms with van der Waals surface area (Å²) in [6.45, 7) is 6.00. The second-order valence-electron chi connectivity index (χ2n) is 8.14. The maximum atomic E-state index is 11.7. The molecule has 6 nitrogen and oxygen atoms in total. The molecule has 0 aromatic carbocycles. The molecule has 0 aromatic heterocycles. The number of carbonyl (C=O) groups is 1. The number of aliphatic hydroxyl groups is 1. The Labute approximate surface area is 174 Å². The monoisotopic (exact) mass is 478 g/mol. The van der Waals surface area contributed by atoms with Crippen molar-refractivity contribution >= 4 is 35.8 Å². The third-order valence-electron chi connectivity index (χ3n) is 6.11. The molecule has 0 radical (unpaired) electrons. The maximum absolute atomic E-state index is 11.7. The van der Waals surface area contributed by atoms with Crippen molar-refractivity contribution in [2.45, 2.75) is 64.4 Å². The second-order valence-corrected chi connectivity index (χ2v) is 8.14. The molecule has 26 heavy (non-hydrogen) atoms. The minimum absolute atomic E-state index is 0. The van der Waals surface area contributed by atoms with Crippen LogP contribution in [0.1, 0.15) is 58.3 Å². The summed E-state index contributed by atoms with van der Waals surface area (Å²) in [7, 11) is 0. The molecule has 3 N–H and O–H groups in total. The Hall–Kier alpha value is -0.570. The van der Waals surface area contributed by atoms with E-state index >= 15 is 0 Å². The Morgan fingerprint density at radius 3 is 2.81 bits per heavy atom. The number of amides is 1. The molecule has 7 heteroatoms. The van der Waals surface area contributed by atoms with Crippen LogP contribution in [-0.2, 0) is 4.79 Å². The molecule has 1 spiro atoms. The highest BCUT2D eigenvalue weighted by molar-refractivity contribution is 14.0. The van der Waals surface area contributed by atoms with E-state index in [9.17, 15) is 9.90 Å². The lowest BCUT2D eigenvalue weighted by Gasteiger charge is -2.41. The molecular formula is C19H35IN4O2.